The Morgan fingerprint density at radius 1 is 1.21 bits per heavy atom. The smallest absolute Gasteiger partial charge is 0.425 e. The van der Waals surface area contributed by atoms with Crippen LogP contribution in [0.25, 0.3) is 0 Å². The summed E-state index contributed by atoms with van der Waals surface area (Å²) in [7, 11) is -3.07. The number of nitrogens with zero attached hydrogens (tertiary/aromatic N) is 1. The Bertz CT molecular complexity index is 1200. The highest BCUT2D eigenvalue weighted by Crippen LogP contribution is 2.41. The normalized spacial score (nSPS) is 15.7. The minimum Gasteiger partial charge on any atom is -0.481 e. The lowest BCUT2D eigenvalue weighted by Gasteiger charge is -2.31. The highest BCUT2D eigenvalue weighted by atomic mass is 32.2. The number of aliphatic hydroxyl groups excluding tert-OH is 1. The highest BCUT2D eigenvalue weighted by molar-refractivity contribution is 7.91. The van der Waals surface area contributed by atoms with Crippen molar-refractivity contribution >= 4 is 27.3 Å². The molecule has 0 amide bonds. The Hall–Kier alpha value is -1.99. The second-order valence-electron chi connectivity index (χ2n) is 10.6. The van der Waals surface area contributed by atoms with Crippen LogP contribution in [-0.2, 0) is 40.3 Å². The van der Waals surface area contributed by atoms with Gasteiger partial charge in [-0.2, -0.15) is 17.5 Å². The fraction of sp³-hybridized carbons (Fsp3) is 0.577. The van der Waals surface area contributed by atoms with Gasteiger partial charge in [0, 0.05) is 32.1 Å². The monoisotopic (exact) mass is 576 g/mol. The van der Waals surface area contributed by atoms with Gasteiger partial charge in [-0.3, -0.25) is 4.79 Å². The molecule has 0 saturated heterocycles. The average molecular weight is 577 g/mol. The van der Waals surface area contributed by atoms with E-state index in [0.29, 0.717) is 5.92 Å². The first-order chi connectivity index (χ1) is 17.6. The molecule has 1 unspecified atom stereocenters. The Kier molecular flexibility index (Phi) is 9.67. The van der Waals surface area contributed by atoms with Gasteiger partial charge in [-0.05, 0) is 74.6 Å². The zero-order valence-corrected chi connectivity index (χ0v) is 23.3. The van der Waals surface area contributed by atoms with E-state index in [1.165, 1.54) is 18.2 Å². The number of aliphatic carboxylic acids is 1. The molecule has 0 bridgehead atoms. The van der Waals surface area contributed by atoms with Crippen LogP contribution in [0, 0.1) is 5.92 Å². The summed E-state index contributed by atoms with van der Waals surface area (Å²) in [5.74, 6) is -0.679. The lowest BCUT2D eigenvalue weighted by molar-refractivity contribution is -0.137. The number of nitrogens with one attached hydrogen (secondary N) is 1. The standard InChI is InChI=1S/C26H35F3N2O5S2/c1-25(2,14-17-11-18-7-4-5-8-19(18)12-17)30-15-21(32)16-31(3)38(35,36)23-13-20(9-6-10-22(33)34)24(37-23)26(27,28)29/h4-5,7-8,13,17,21,30,32H,6,9-12,14-16H2,1-3H3,(H,33,34). The topological polar surface area (TPSA) is 107 Å². The Labute approximate surface area is 225 Å². The molecule has 12 heteroatoms. The zero-order chi connectivity index (χ0) is 28.3. The fourth-order valence-electron chi connectivity index (χ4n) is 4.98. The van der Waals surface area contributed by atoms with Crippen LogP contribution < -0.4 is 5.32 Å². The van der Waals surface area contributed by atoms with Crippen molar-refractivity contribution < 1.29 is 36.6 Å². The molecule has 38 heavy (non-hydrogen) atoms. The van der Waals surface area contributed by atoms with E-state index in [1.54, 1.807) is 0 Å². The maximum Gasteiger partial charge on any atom is 0.425 e. The largest absolute Gasteiger partial charge is 0.481 e. The summed E-state index contributed by atoms with van der Waals surface area (Å²) < 4.78 is 67.0. The molecular weight excluding hydrogens is 541 g/mol. The van der Waals surface area contributed by atoms with Gasteiger partial charge < -0.3 is 15.5 Å². The van der Waals surface area contributed by atoms with Gasteiger partial charge in [-0.1, -0.05) is 24.3 Å². The van der Waals surface area contributed by atoms with E-state index in [9.17, 15) is 31.5 Å². The Morgan fingerprint density at radius 2 is 1.82 bits per heavy atom. The van der Waals surface area contributed by atoms with Crippen molar-refractivity contribution in [3.05, 3.63) is 51.9 Å². The molecule has 212 valence electrons. The number of aliphatic hydroxyl groups is 1. The summed E-state index contributed by atoms with van der Waals surface area (Å²) >= 11 is 0.118. The van der Waals surface area contributed by atoms with Crippen LogP contribution in [0.1, 0.15) is 54.7 Å². The van der Waals surface area contributed by atoms with Crippen molar-refractivity contribution in [2.45, 2.75) is 74.4 Å². The number of benzene rings is 1. The highest BCUT2D eigenvalue weighted by Gasteiger charge is 2.38. The summed E-state index contributed by atoms with van der Waals surface area (Å²) in [6, 6.07) is 9.31. The molecule has 0 saturated carbocycles. The number of likely N-dealkylation sites (N-methyl/N-ethyl adjacent to an activating group) is 1. The predicted molar refractivity (Wildman–Crippen MR) is 140 cm³/mol. The number of thiophene rings is 1. The second-order valence-corrected chi connectivity index (χ2v) is 13.9. The molecule has 2 aromatic rings. The molecule has 3 rings (SSSR count). The third-order valence-electron chi connectivity index (χ3n) is 6.76. The molecule has 1 aromatic heterocycles. The number of carboxylic acid groups (broad SMARTS) is 1. The van der Waals surface area contributed by atoms with Gasteiger partial charge in [0.2, 0.25) is 0 Å². The van der Waals surface area contributed by atoms with Crippen LogP contribution in [0.2, 0.25) is 0 Å². The van der Waals surface area contributed by atoms with Crippen molar-refractivity contribution in [3.8, 4) is 0 Å². The molecule has 0 spiro atoms. The number of carbonyl (C=O) groups is 1. The van der Waals surface area contributed by atoms with E-state index in [0.717, 1.165) is 29.6 Å². The number of β-amino-alcohol motifs (C(OH)–C–C–N with tert-alkyl or cyclic N) is 1. The van der Waals surface area contributed by atoms with Crippen molar-refractivity contribution in [3.63, 3.8) is 0 Å². The van der Waals surface area contributed by atoms with Crippen molar-refractivity contribution in [2.24, 2.45) is 5.92 Å². The first-order valence-corrected chi connectivity index (χ1v) is 14.7. The molecule has 0 radical (unpaired) electrons. The molecule has 0 fully saturated rings. The van der Waals surface area contributed by atoms with Crippen molar-refractivity contribution in [1.82, 2.24) is 9.62 Å². The third kappa shape index (κ3) is 8.01. The zero-order valence-electron chi connectivity index (χ0n) is 21.7. The molecule has 1 aliphatic carbocycles. The number of fused-ring (bicyclic) bond motifs is 1. The minimum absolute atomic E-state index is 0.0441. The van der Waals surface area contributed by atoms with Crippen molar-refractivity contribution in [2.75, 3.05) is 20.1 Å². The van der Waals surface area contributed by atoms with Crippen LogP contribution in [0.4, 0.5) is 13.2 Å². The number of carboxylic acids is 1. The molecule has 1 atom stereocenters. The fourth-order valence-corrected chi connectivity index (χ4v) is 7.81. The SMILES string of the molecule is CN(CC(O)CNC(C)(C)CC1Cc2ccccc2C1)S(=O)(=O)c1cc(CCCC(=O)O)c(C(F)(F)F)s1. The number of hydrogen-bond donors (Lipinski definition) is 3. The Balaban J connectivity index is 1.58. The maximum absolute atomic E-state index is 13.5. The molecule has 3 N–H and O–H groups in total. The van der Waals surface area contributed by atoms with Gasteiger partial charge in [0.25, 0.3) is 10.0 Å². The van der Waals surface area contributed by atoms with Gasteiger partial charge in [-0.25, -0.2) is 8.42 Å². The summed E-state index contributed by atoms with van der Waals surface area (Å²) in [6.45, 7) is 3.87. The number of rotatable bonds is 13. The average Bonchev–Trinajstić information content (AvgIpc) is 3.41. The summed E-state index contributed by atoms with van der Waals surface area (Å²) in [4.78, 5) is 9.68. The van der Waals surface area contributed by atoms with E-state index < -0.39 is 37.4 Å². The molecule has 0 aliphatic heterocycles. The van der Waals surface area contributed by atoms with Gasteiger partial charge in [-0.15, -0.1) is 11.3 Å². The molecule has 1 aliphatic rings. The number of hydrogen-bond acceptors (Lipinski definition) is 6. The molecular formula is C26H35F3N2O5S2. The first kappa shape index (κ1) is 30.6. The van der Waals surface area contributed by atoms with Crippen LogP contribution in [0.15, 0.2) is 34.5 Å². The summed E-state index contributed by atoms with van der Waals surface area (Å²) in [6.07, 6.45) is -3.56. The predicted octanol–water partition coefficient (Wildman–Crippen LogP) is 4.33. The van der Waals surface area contributed by atoms with Crippen LogP contribution in [0.3, 0.4) is 0 Å². The summed E-state index contributed by atoms with van der Waals surface area (Å²) in [5, 5.41) is 22.6. The van der Waals surface area contributed by atoms with Gasteiger partial charge in [0.1, 0.15) is 9.09 Å². The van der Waals surface area contributed by atoms with E-state index in [1.807, 2.05) is 26.0 Å². The van der Waals surface area contributed by atoms with Crippen LogP contribution >= 0.6 is 11.3 Å². The van der Waals surface area contributed by atoms with E-state index in [2.05, 4.69) is 17.4 Å². The first-order valence-electron chi connectivity index (χ1n) is 12.5. The quantitative estimate of drug-likeness (QED) is 0.328. The van der Waals surface area contributed by atoms with E-state index in [-0.39, 0.29) is 54.8 Å². The maximum atomic E-state index is 13.5. The van der Waals surface area contributed by atoms with E-state index >= 15 is 0 Å². The molecule has 1 aromatic carbocycles. The number of sulfonamides is 1. The molecule has 7 nitrogen and oxygen atoms in total. The minimum atomic E-state index is -4.76. The lowest BCUT2D eigenvalue weighted by Crippen LogP contribution is -2.47. The summed E-state index contributed by atoms with van der Waals surface area (Å²) in [5.41, 5.74) is 2.15. The van der Waals surface area contributed by atoms with Gasteiger partial charge in [0.15, 0.2) is 0 Å². The molecule has 1 heterocycles. The van der Waals surface area contributed by atoms with E-state index in [4.69, 9.17) is 5.11 Å². The lowest BCUT2D eigenvalue weighted by atomic mass is 9.88. The number of alkyl halides is 3. The van der Waals surface area contributed by atoms with Gasteiger partial charge >= 0.3 is 12.1 Å². The van der Waals surface area contributed by atoms with Crippen molar-refractivity contribution in [1.29, 1.82) is 0 Å². The Morgan fingerprint density at radius 3 is 2.37 bits per heavy atom. The third-order valence-corrected chi connectivity index (χ3v) is 10.3. The number of halogens is 3. The second kappa shape index (κ2) is 12.0. The van der Waals surface area contributed by atoms with Crippen LogP contribution in [-0.4, -0.2) is 60.7 Å². The van der Waals surface area contributed by atoms with Crippen LogP contribution in [0.5, 0.6) is 0 Å². The van der Waals surface area contributed by atoms with Gasteiger partial charge in [0.05, 0.1) is 6.10 Å². The number of aryl methyl sites for hydroxylation is 1.